The fourth-order valence-electron chi connectivity index (χ4n) is 2.55. The zero-order valence-corrected chi connectivity index (χ0v) is 12.8. The second-order valence-electron chi connectivity index (χ2n) is 6.02. The molecule has 1 heterocycles. The predicted molar refractivity (Wildman–Crippen MR) is 87.2 cm³/mol. The van der Waals surface area contributed by atoms with Crippen LogP contribution in [0.2, 0.25) is 0 Å². The minimum absolute atomic E-state index is 0.0747. The van der Waals surface area contributed by atoms with E-state index in [0.717, 1.165) is 24.1 Å². The lowest BCUT2D eigenvalue weighted by Gasteiger charge is -2.13. The molecule has 1 aliphatic carbocycles. The van der Waals surface area contributed by atoms with Crippen LogP contribution in [-0.4, -0.2) is 23.1 Å². The third kappa shape index (κ3) is 3.65. The largest absolute Gasteiger partial charge is 0.492 e. The predicted octanol–water partition coefficient (Wildman–Crippen LogP) is 3.16. The van der Waals surface area contributed by atoms with Crippen LogP contribution in [-0.2, 0) is 0 Å². The van der Waals surface area contributed by atoms with E-state index in [2.05, 4.69) is 4.98 Å². The summed E-state index contributed by atoms with van der Waals surface area (Å²) in [7, 11) is 0. The standard InChI is InChI=1S/C17H19N3O3/c18-12-17(5-6-17)7-8-23-16-9-14(10-19-11-16)13-1-3-15(4-2-13)20(21)22/h1-4,9-11H,5-8,12,18H2. The molecule has 2 N–H and O–H groups in total. The maximum Gasteiger partial charge on any atom is 0.269 e. The Morgan fingerprint density at radius 2 is 1.96 bits per heavy atom. The Balaban J connectivity index is 1.65. The van der Waals surface area contributed by atoms with Gasteiger partial charge in [-0.05, 0) is 55.0 Å². The molecule has 0 bridgehead atoms. The van der Waals surface area contributed by atoms with Crippen LogP contribution in [0.1, 0.15) is 19.3 Å². The number of pyridine rings is 1. The van der Waals surface area contributed by atoms with E-state index in [1.54, 1.807) is 24.5 Å². The highest BCUT2D eigenvalue weighted by Crippen LogP contribution is 2.47. The van der Waals surface area contributed by atoms with Crippen LogP contribution in [0.3, 0.4) is 0 Å². The molecule has 0 aliphatic heterocycles. The second kappa shape index (κ2) is 6.34. The lowest BCUT2D eigenvalue weighted by atomic mass is 10.0. The molecule has 1 aliphatic rings. The number of ether oxygens (including phenoxy) is 1. The van der Waals surface area contributed by atoms with Crippen LogP contribution in [0.15, 0.2) is 42.7 Å². The van der Waals surface area contributed by atoms with Crippen LogP contribution < -0.4 is 10.5 Å². The molecule has 6 heteroatoms. The molecule has 1 aromatic carbocycles. The first-order valence-corrected chi connectivity index (χ1v) is 7.65. The number of aromatic nitrogens is 1. The van der Waals surface area contributed by atoms with E-state index in [4.69, 9.17) is 10.5 Å². The molecular weight excluding hydrogens is 294 g/mol. The maximum absolute atomic E-state index is 10.7. The molecule has 120 valence electrons. The lowest BCUT2D eigenvalue weighted by Crippen LogP contribution is -2.18. The van der Waals surface area contributed by atoms with Crippen molar-refractivity contribution >= 4 is 5.69 Å². The highest BCUT2D eigenvalue weighted by molar-refractivity contribution is 5.65. The second-order valence-corrected chi connectivity index (χ2v) is 6.02. The average molecular weight is 313 g/mol. The molecule has 2 aromatic rings. The molecular formula is C17H19N3O3. The van der Waals surface area contributed by atoms with E-state index < -0.39 is 4.92 Å². The number of hydrogen-bond donors (Lipinski definition) is 1. The van der Waals surface area contributed by atoms with Crippen LogP contribution in [0.5, 0.6) is 5.75 Å². The topological polar surface area (TPSA) is 91.3 Å². The lowest BCUT2D eigenvalue weighted by molar-refractivity contribution is -0.384. The van der Waals surface area contributed by atoms with E-state index >= 15 is 0 Å². The highest BCUT2D eigenvalue weighted by atomic mass is 16.6. The summed E-state index contributed by atoms with van der Waals surface area (Å²) in [5, 5.41) is 10.7. The molecule has 0 amide bonds. The average Bonchev–Trinajstić information content (AvgIpc) is 3.36. The molecule has 0 radical (unpaired) electrons. The first-order chi connectivity index (χ1) is 11.1. The Bertz CT molecular complexity index is 696. The van der Waals surface area contributed by atoms with E-state index in [0.29, 0.717) is 17.8 Å². The van der Waals surface area contributed by atoms with Crippen molar-refractivity contribution in [2.24, 2.45) is 11.1 Å². The van der Waals surface area contributed by atoms with Gasteiger partial charge in [0.05, 0.1) is 17.7 Å². The molecule has 3 rings (SSSR count). The summed E-state index contributed by atoms with van der Waals surface area (Å²) in [6, 6.07) is 8.30. The summed E-state index contributed by atoms with van der Waals surface area (Å²) in [5.74, 6) is 0.702. The van der Waals surface area contributed by atoms with Gasteiger partial charge in [-0.3, -0.25) is 15.1 Å². The molecule has 0 saturated heterocycles. The molecule has 23 heavy (non-hydrogen) atoms. The fraction of sp³-hybridized carbons (Fsp3) is 0.353. The van der Waals surface area contributed by atoms with Gasteiger partial charge < -0.3 is 10.5 Å². The van der Waals surface area contributed by atoms with Gasteiger partial charge >= 0.3 is 0 Å². The van der Waals surface area contributed by atoms with E-state index in [-0.39, 0.29) is 5.69 Å². The van der Waals surface area contributed by atoms with Crippen molar-refractivity contribution in [2.45, 2.75) is 19.3 Å². The van der Waals surface area contributed by atoms with Crippen molar-refractivity contribution in [1.29, 1.82) is 0 Å². The molecule has 0 spiro atoms. The summed E-state index contributed by atoms with van der Waals surface area (Å²) in [5.41, 5.74) is 7.88. The fourth-order valence-corrected chi connectivity index (χ4v) is 2.55. The summed E-state index contributed by atoms with van der Waals surface area (Å²) in [4.78, 5) is 14.5. The Labute approximate surface area is 134 Å². The van der Waals surface area contributed by atoms with Crippen molar-refractivity contribution in [2.75, 3.05) is 13.2 Å². The van der Waals surface area contributed by atoms with Gasteiger partial charge in [0, 0.05) is 23.9 Å². The minimum Gasteiger partial charge on any atom is -0.492 e. The van der Waals surface area contributed by atoms with Crippen LogP contribution in [0.25, 0.3) is 11.1 Å². The Hall–Kier alpha value is -2.47. The molecule has 6 nitrogen and oxygen atoms in total. The maximum atomic E-state index is 10.7. The van der Waals surface area contributed by atoms with Gasteiger partial charge in [-0.25, -0.2) is 0 Å². The van der Waals surface area contributed by atoms with Gasteiger partial charge in [-0.2, -0.15) is 0 Å². The summed E-state index contributed by atoms with van der Waals surface area (Å²) >= 11 is 0. The van der Waals surface area contributed by atoms with Gasteiger partial charge in [-0.15, -0.1) is 0 Å². The number of nitrogens with zero attached hydrogens (tertiary/aromatic N) is 2. The van der Waals surface area contributed by atoms with E-state index in [1.807, 2.05) is 6.07 Å². The van der Waals surface area contributed by atoms with Gasteiger partial charge in [0.15, 0.2) is 0 Å². The minimum atomic E-state index is -0.410. The summed E-state index contributed by atoms with van der Waals surface area (Å²) in [6.45, 7) is 1.35. The van der Waals surface area contributed by atoms with Crippen LogP contribution in [0, 0.1) is 15.5 Å². The number of nitro groups is 1. The Kier molecular flexibility index (Phi) is 4.25. The molecule has 1 fully saturated rings. The monoisotopic (exact) mass is 313 g/mol. The number of benzene rings is 1. The SMILES string of the molecule is NCC1(CCOc2cncc(-c3ccc([N+](=O)[O-])cc3)c2)CC1. The Morgan fingerprint density at radius 1 is 1.22 bits per heavy atom. The van der Waals surface area contributed by atoms with Crippen LogP contribution in [0.4, 0.5) is 5.69 Å². The van der Waals surface area contributed by atoms with Gasteiger partial charge in [0.25, 0.3) is 5.69 Å². The summed E-state index contributed by atoms with van der Waals surface area (Å²) < 4.78 is 5.78. The normalized spacial score (nSPS) is 15.2. The molecule has 1 saturated carbocycles. The van der Waals surface area contributed by atoms with Gasteiger partial charge in [-0.1, -0.05) is 0 Å². The number of non-ortho nitro benzene ring substituents is 1. The first kappa shape index (κ1) is 15.4. The van der Waals surface area contributed by atoms with Crippen molar-refractivity contribution in [3.8, 4) is 16.9 Å². The van der Waals surface area contributed by atoms with E-state index in [9.17, 15) is 10.1 Å². The van der Waals surface area contributed by atoms with Gasteiger partial charge in [0.1, 0.15) is 5.75 Å². The number of nitro benzene ring substituents is 1. The zero-order chi connectivity index (χ0) is 16.3. The van der Waals surface area contributed by atoms with Crippen molar-refractivity contribution < 1.29 is 9.66 Å². The van der Waals surface area contributed by atoms with Crippen molar-refractivity contribution in [3.05, 3.63) is 52.8 Å². The van der Waals surface area contributed by atoms with Crippen molar-refractivity contribution in [3.63, 3.8) is 0 Å². The quantitative estimate of drug-likeness (QED) is 0.626. The van der Waals surface area contributed by atoms with Crippen LogP contribution >= 0.6 is 0 Å². The zero-order valence-electron chi connectivity index (χ0n) is 12.8. The first-order valence-electron chi connectivity index (χ1n) is 7.65. The van der Waals surface area contributed by atoms with E-state index in [1.165, 1.54) is 25.0 Å². The highest BCUT2D eigenvalue weighted by Gasteiger charge is 2.40. The molecule has 1 aromatic heterocycles. The third-order valence-corrected chi connectivity index (χ3v) is 4.42. The number of rotatable bonds is 7. The molecule has 0 atom stereocenters. The number of nitrogens with two attached hydrogens (primary N) is 1. The van der Waals surface area contributed by atoms with Crippen molar-refractivity contribution in [1.82, 2.24) is 4.98 Å². The molecule has 0 unspecified atom stereocenters. The van der Waals surface area contributed by atoms with Gasteiger partial charge in [0.2, 0.25) is 0 Å². The Morgan fingerprint density at radius 3 is 2.57 bits per heavy atom. The summed E-state index contributed by atoms with van der Waals surface area (Å²) in [6.07, 6.45) is 6.74. The number of hydrogen-bond acceptors (Lipinski definition) is 5. The smallest absolute Gasteiger partial charge is 0.269 e. The third-order valence-electron chi connectivity index (χ3n) is 4.42.